The molecule has 1 aromatic heterocycles. The van der Waals surface area contributed by atoms with E-state index in [-0.39, 0.29) is 17.6 Å². The van der Waals surface area contributed by atoms with Gasteiger partial charge < -0.3 is 19.1 Å². The molecule has 0 saturated carbocycles. The van der Waals surface area contributed by atoms with Crippen molar-refractivity contribution in [3.8, 4) is 6.07 Å². The van der Waals surface area contributed by atoms with Gasteiger partial charge in [0, 0.05) is 24.7 Å². The molecule has 1 aromatic carbocycles. The number of hydrogen-bond donors (Lipinski definition) is 0. The molecule has 14 heteroatoms. The predicted octanol–water partition coefficient (Wildman–Crippen LogP) is 4.47. The predicted molar refractivity (Wildman–Crippen MR) is 104 cm³/mol. The van der Waals surface area contributed by atoms with Crippen LogP contribution in [0.3, 0.4) is 0 Å². The van der Waals surface area contributed by atoms with Gasteiger partial charge in [-0.15, -0.1) is 0 Å². The van der Waals surface area contributed by atoms with Crippen molar-refractivity contribution in [3.05, 3.63) is 41.0 Å². The van der Waals surface area contributed by atoms with Crippen LogP contribution in [0.1, 0.15) is 41.6 Å². The van der Waals surface area contributed by atoms with Gasteiger partial charge in [0.25, 0.3) is 0 Å². The summed E-state index contributed by atoms with van der Waals surface area (Å²) in [5.41, 5.74) is -2.45. The first-order valence-electron chi connectivity index (χ1n) is 9.99. The van der Waals surface area contributed by atoms with E-state index in [0.29, 0.717) is 36.9 Å². The summed E-state index contributed by atoms with van der Waals surface area (Å²) in [6.07, 6.45) is -9.21. The van der Waals surface area contributed by atoms with Gasteiger partial charge in [0.1, 0.15) is 6.54 Å². The van der Waals surface area contributed by atoms with Crippen molar-refractivity contribution in [2.24, 2.45) is 0 Å². The number of hydrogen-bond acceptors (Lipinski definition) is 7. The van der Waals surface area contributed by atoms with Gasteiger partial charge in [-0.05, 0) is 31.0 Å². The number of piperidine rings is 1. The highest BCUT2D eigenvalue weighted by molar-refractivity contribution is 5.67. The van der Waals surface area contributed by atoms with Crippen LogP contribution in [-0.2, 0) is 17.5 Å². The molecule has 1 aliphatic rings. The van der Waals surface area contributed by atoms with Crippen LogP contribution >= 0.6 is 0 Å². The molecule has 0 N–H and O–H groups in total. The molecule has 1 aliphatic heterocycles. The van der Waals surface area contributed by atoms with E-state index >= 15 is 0 Å². The fourth-order valence-electron chi connectivity index (χ4n) is 3.62. The number of carbonyl (C=O) groups is 1. The molecular weight excluding hydrogens is 472 g/mol. The molecule has 0 unspecified atom stereocenters. The second-order valence-corrected chi connectivity index (χ2v) is 7.59. The first-order valence-corrected chi connectivity index (χ1v) is 9.99. The Bertz CT molecular complexity index is 1050. The lowest BCUT2D eigenvalue weighted by molar-refractivity contribution is -0.137. The van der Waals surface area contributed by atoms with Gasteiger partial charge in [-0.25, -0.2) is 4.79 Å². The molecule has 34 heavy (non-hydrogen) atoms. The first-order chi connectivity index (χ1) is 15.9. The zero-order chi connectivity index (χ0) is 25.1. The average molecular weight is 491 g/mol. The van der Waals surface area contributed by atoms with Crippen molar-refractivity contribution in [2.75, 3.05) is 31.6 Å². The third-order valence-electron chi connectivity index (χ3n) is 5.26. The fraction of sp³-hybridized carbons (Fsp3) is 0.500. The van der Waals surface area contributed by atoms with Gasteiger partial charge in [-0.2, -0.15) is 36.6 Å². The number of ether oxygens (including phenoxy) is 1. The number of benzene rings is 1. The second kappa shape index (κ2) is 9.78. The number of anilines is 1. The van der Waals surface area contributed by atoms with Crippen molar-refractivity contribution in [2.45, 2.75) is 37.7 Å². The molecule has 1 amide bonds. The van der Waals surface area contributed by atoms with E-state index in [9.17, 15) is 31.1 Å². The lowest BCUT2D eigenvalue weighted by atomic mass is 9.97. The van der Waals surface area contributed by atoms with Crippen LogP contribution in [0.2, 0.25) is 0 Å². The van der Waals surface area contributed by atoms with Gasteiger partial charge >= 0.3 is 18.4 Å². The zero-order valence-corrected chi connectivity index (χ0v) is 17.8. The summed E-state index contributed by atoms with van der Waals surface area (Å²) in [7, 11) is 1.26. The minimum absolute atomic E-state index is 0.146. The van der Waals surface area contributed by atoms with E-state index in [0.717, 1.165) is 12.1 Å². The number of methoxy groups -OCH3 is 1. The number of halogens is 6. The van der Waals surface area contributed by atoms with Crippen LogP contribution in [0.25, 0.3) is 0 Å². The largest absolute Gasteiger partial charge is 0.453 e. The summed E-state index contributed by atoms with van der Waals surface area (Å²) >= 11 is 0. The summed E-state index contributed by atoms with van der Waals surface area (Å²) in [6.45, 7) is -1.42. The van der Waals surface area contributed by atoms with Crippen LogP contribution in [0.15, 0.2) is 22.7 Å². The van der Waals surface area contributed by atoms with Crippen molar-refractivity contribution >= 4 is 11.8 Å². The molecular formula is C20H19F6N5O3. The quantitative estimate of drug-likeness (QED) is 0.570. The van der Waals surface area contributed by atoms with E-state index < -0.39 is 48.3 Å². The van der Waals surface area contributed by atoms with Crippen LogP contribution in [-0.4, -0.2) is 54.1 Å². The Morgan fingerprint density at radius 1 is 1.26 bits per heavy atom. The monoisotopic (exact) mass is 491 g/mol. The highest BCUT2D eigenvalue weighted by Crippen LogP contribution is 2.35. The summed E-state index contributed by atoms with van der Waals surface area (Å²) < 4.78 is 89.2. The van der Waals surface area contributed by atoms with E-state index in [2.05, 4.69) is 14.9 Å². The van der Waals surface area contributed by atoms with Crippen molar-refractivity contribution < 1.29 is 40.4 Å². The van der Waals surface area contributed by atoms with Crippen molar-refractivity contribution in [3.63, 3.8) is 0 Å². The Morgan fingerprint density at radius 2 is 1.94 bits per heavy atom. The molecule has 0 bridgehead atoms. The molecule has 8 nitrogen and oxygen atoms in total. The third kappa shape index (κ3) is 6.09. The minimum Gasteiger partial charge on any atom is -0.453 e. The molecule has 2 aromatic rings. The molecule has 0 radical (unpaired) electrons. The number of likely N-dealkylation sites (tertiary alicyclic amines) is 1. The Balaban J connectivity index is 1.80. The Kier molecular flexibility index (Phi) is 7.23. The maximum Gasteiger partial charge on any atom is 0.417 e. The SMILES string of the molecule is COC(=O)N1CCC(c2nc(CN(CC(F)(F)F)c3ccc(C#N)c(C(F)(F)F)c3)no2)CC1. The van der Waals surface area contributed by atoms with Gasteiger partial charge in [0.15, 0.2) is 5.82 Å². The lowest BCUT2D eigenvalue weighted by Crippen LogP contribution is -2.37. The highest BCUT2D eigenvalue weighted by Gasteiger charge is 2.36. The highest BCUT2D eigenvalue weighted by atomic mass is 19.4. The maximum atomic E-state index is 13.3. The van der Waals surface area contributed by atoms with Crippen molar-refractivity contribution in [1.29, 1.82) is 5.26 Å². The normalized spacial score (nSPS) is 15.2. The number of alkyl halides is 6. The number of aromatic nitrogens is 2. The summed E-state index contributed by atoms with van der Waals surface area (Å²) in [6, 6.07) is 3.70. The number of carbonyl (C=O) groups excluding carboxylic acids is 1. The molecule has 1 saturated heterocycles. The van der Waals surface area contributed by atoms with Crippen molar-refractivity contribution in [1.82, 2.24) is 15.0 Å². The zero-order valence-electron chi connectivity index (χ0n) is 17.8. The number of amides is 1. The molecule has 184 valence electrons. The topological polar surface area (TPSA) is 95.5 Å². The number of nitriles is 1. The van der Waals surface area contributed by atoms with Gasteiger partial charge in [0.05, 0.1) is 30.9 Å². The lowest BCUT2D eigenvalue weighted by Gasteiger charge is -2.29. The molecule has 2 heterocycles. The minimum atomic E-state index is -4.93. The molecule has 1 fully saturated rings. The Hall–Kier alpha value is -3.50. The number of nitrogens with zero attached hydrogens (tertiary/aromatic N) is 5. The molecule has 0 spiro atoms. The van der Waals surface area contributed by atoms with E-state index in [1.807, 2.05) is 0 Å². The first kappa shape index (κ1) is 25.1. The average Bonchev–Trinajstić information content (AvgIpc) is 3.24. The van der Waals surface area contributed by atoms with Gasteiger partial charge in [-0.1, -0.05) is 5.16 Å². The molecule has 0 atom stereocenters. The summed E-state index contributed by atoms with van der Waals surface area (Å²) in [4.78, 5) is 17.8. The van der Waals surface area contributed by atoms with Crippen LogP contribution in [0.5, 0.6) is 0 Å². The second-order valence-electron chi connectivity index (χ2n) is 7.59. The smallest absolute Gasteiger partial charge is 0.417 e. The van der Waals surface area contributed by atoms with Gasteiger partial charge in [-0.3, -0.25) is 0 Å². The van der Waals surface area contributed by atoms with Crippen LogP contribution in [0.4, 0.5) is 36.8 Å². The summed E-state index contributed by atoms with van der Waals surface area (Å²) in [5.74, 6) is -0.209. The van der Waals surface area contributed by atoms with Gasteiger partial charge in [0.2, 0.25) is 5.89 Å². The molecule has 0 aliphatic carbocycles. The Labute approximate surface area is 189 Å². The van der Waals surface area contributed by atoms with Crippen LogP contribution in [0, 0.1) is 11.3 Å². The van der Waals surface area contributed by atoms with Crippen LogP contribution < -0.4 is 4.90 Å². The standard InChI is InChI=1S/C20H19F6N5O3/c1-33-18(32)30-6-4-12(5-7-30)17-28-16(29-34-17)10-31(11-19(21,22)23)14-3-2-13(9-27)15(8-14)20(24,25)26/h2-3,8,12H,4-7,10-11H2,1H3. The molecule has 3 rings (SSSR count). The van der Waals surface area contributed by atoms with E-state index in [4.69, 9.17) is 9.78 Å². The summed E-state index contributed by atoms with van der Waals surface area (Å²) in [5, 5.41) is 12.6. The van der Waals surface area contributed by atoms with E-state index in [1.165, 1.54) is 18.1 Å². The maximum absolute atomic E-state index is 13.3. The third-order valence-corrected chi connectivity index (χ3v) is 5.26. The fourth-order valence-corrected chi connectivity index (χ4v) is 3.62. The Morgan fingerprint density at radius 3 is 2.50 bits per heavy atom. The van der Waals surface area contributed by atoms with E-state index in [1.54, 1.807) is 0 Å². The number of rotatable bonds is 5.